The molecule has 1 aliphatic carbocycles. The average molecular weight is 257 g/mol. The van der Waals surface area contributed by atoms with Crippen molar-refractivity contribution >= 4 is 11.4 Å². The zero-order valence-corrected chi connectivity index (χ0v) is 10.5. The number of carbonyl (C=O) groups excluding carboxylic acids is 1. The Morgan fingerprint density at radius 2 is 2.16 bits per heavy atom. The Morgan fingerprint density at radius 1 is 1.37 bits per heavy atom. The van der Waals surface area contributed by atoms with Crippen molar-refractivity contribution in [1.82, 2.24) is 19.5 Å². The molecule has 1 amide bonds. The third-order valence-corrected chi connectivity index (χ3v) is 4.20. The number of hydrogen-bond acceptors (Lipinski definition) is 4. The summed E-state index contributed by atoms with van der Waals surface area (Å²) in [5, 5.41) is 4.16. The van der Waals surface area contributed by atoms with Gasteiger partial charge >= 0.3 is 0 Å². The first-order valence-electron chi connectivity index (χ1n) is 6.53. The normalized spacial score (nSPS) is 21.4. The van der Waals surface area contributed by atoms with Crippen molar-refractivity contribution in [3.8, 4) is 0 Å². The van der Waals surface area contributed by atoms with Crippen LogP contribution in [0.3, 0.4) is 0 Å². The molecule has 19 heavy (non-hydrogen) atoms. The van der Waals surface area contributed by atoms with Gasteiger partial charge in [0.15, 0.2) is 0 Å². The van der Waals surface area contributed by atoms with Crippen molar-refractivity contribution in [2.75, 3.05) is 13.1 Å². The van der Waals surface area contributed by atoms with Gasteiger partial charge in [-0.05, 0) is 18.8 Å². The molecule has 4 rings (SSSR count). The molecule has 6 nitrogen and oxygen atoms in total. The highest BCUT2D eigenvalue weighted by molar-refractivity contribution is 6.01. The zero-order chi connectivity index (χ0) is 13.0. The summed E-state index contributed by atoms with van der Waals surface area (Å²) in [5.74, 6) is 0.617. The molecule has 0 bridgehead atoms. The summed E-state index contributed by atoms with van der Waals surface area (Å²) in [6.45, 7) is 1.32. The van der Waals surface area contributed by atoms with Crippen LogP contribution >= 0.6 is 0 Å². The summed E-state index contributed by atoms with van der Waals surface area (Å²) in [4.78, 5) is 18.3. The van der Waals surface area contributed by atoms with Gasteiger partial charge in [-0.3, -0.25) is 9.78 Å². The first-order valence-corrected chi connectivity index (χ1v) is 6.53. The van der Waals surface area contributed by atoms with E-state index in [1.54, 1.807) is 29.3 Å². The minimum absolute atomic E-state index is 0.00438. The van der Waals surface area contributed by atoms with E-state index in [1.807, 2.05) is 4.90 Å². The number of aromatic nitrogens is 3. The van der Waals surface area contributed by atoms with E-state index < -0.39 is 0 Å². The average Bonchev–Trinajstić information content (AvgIpc) is 3.14. The van der Waals surface area contributed by atoms with Gasteiger partial charge in [0.25, 0.3) is 5.91 Å². The standard InChI is InChI=1S/C13H15N5O/c14-13(9-1-2-9)7-17(8-13)12(19)10-5-16-18-4-3-15-6-11(10)18/h3-6,9H,1-2,7-8,14H2. The zero-order valence-electron chi connectivity index (χ0n) is 10.5. The fourth-order valence-corrected chi connectivity index (χ4v) is 2.89. The Morgan fingerprint density at radius 3 is 2.89 bits per heavy atom. The number of amides is 1. The predicted octanol–water partition coefficient (Wildman–Crippen LogP) is 0.293. The van der Waals surface area contributed by atoms with Crippen LogP contribution in [-0.2, 0) is 0 Å². The Hall–Kier alpha value is -1.95. The number of nitrogens with zero attached hydrogens (tertiary/aromatic N) is 4. The van der Waals surface area contributed by atoms with Crippen LogP contribution in [0.1, 0.15) is 23.2 Å². The van der Waals surface area contributed by atoms with E-state index in [-0.39, 0.29) is 11.4 Å². The van der Waals surface area contributed by atoms with E-state index >= 15 is 0 Å². The minimum Gasteiger partial charge on any atom is -0.335 e. The molecule has 0 aromatic carbocycles. The highest BCUT2D eigenvalue weighted by Crippen LogP contribution is 2.43. The number of hydrogen-bond donors (Lipinski definition) is 1. The number of fused-ring (bicyclic) bond motifs is 1. The van der Waals surface area contributed by atoms with Crippen LogP contribution in [0, 0.1) is 5.92 Å². The molecule has 0 spiro atoms. The maximum absolute atomic E-state index is 12.4. The molecule has 6 heteroatoms. The molecular formula is C13H15N5O. The van der Waals surface area contributed by atoms with E-state index in [0.717, 1.165) is 5.52 Å². The van der Waals surface area contributed by atoms with Crippen LogP contribution in [0.15, 0.2) is 24.8 Å². The van der Waals surface area contributed by atoms with Crippen molar-refractivity contribution in [1.29, 1.82) is 0 Å². The SMILES string of the molecule is NC1(C2CC2)CN(C(=O)c2cnn3ccncc23)C1. The lowest BCUT2D eigenvalue weighted by molar-refractivity contribution is 0.0352. The lowest BCUT2D eigenvalue weighted by Crippen LogP contribution is -2.69. The summed E-state index contributed by atoms with van der Waals surface area (Å²) in [6, 6.07) is 0. The molecule has 3 heterocycles. The first kappa shape index (κ1) is 10.9. The molecule has 1 saturated carbocycles. The van der Waals surface area contributed by atoms with E-state index in [9.17, 15) is 4.79 Å². The maximum atomic E-state index is 12.4. The van der Waals surface area contributed by atoms with Crippen molar-refractivity contribution in [3.63, 3.8) is 0 Å². The van der Waals surface area contributed by atoms with Crippen molar-refractivity contribution in [2.24, 2.45) is 11.7 Å². The van der Waals surface area contributed by atoms with Crippen LogP contribution < -0.4 is 5.73 Å². The Balaban J connectivity index is 1.58. The second-order valence-corrected chi connectivity index (χ2v) is 5.63. The quantitative estimate of drug-likeness (QED) is 0.839. The molecule has 1 saturated heterocycles. The molecule has 2 fully saturated rings. The topological polar surface area (TPSA) is 76.5 Å². The molecule has 98 valence electrons. The van der Waals surface area contributed by atoms with Gasteiger partial charge < -0.3 is 10.6 Å². The molecule has 2 aliphatic rings. The van der Waals surface area contributed by atoms with Crippen LogP contribution in [0.2, 0.25) is 0 Å². The summed E-state index contributed by atoms with van der Waals surface area (Å²) in [7, 11) is 0. The monoisotopic (exact) mass is 257 g/mol. The summed E-state index contributed by atoms with van der Waals surface area (Å²) >= 11 is 0. The number of nitrogens with two attached hydrogens (primary N) is 1. The second-order valence-electron chi connectivity index (χ2n) is 5.63. The summed E-state index contributed by atoms with van der Waals surface area (Å²) in [5.41, 5.74) is 7.48. The third kappa shape index (κ3) is 1.56. The van der Waals surface area contributed by atoms with Gasteiger partial charge in [-0.15, -0.1) is 0 Å². The molecule has 2 aromatic rings. The molecule has 2 aromatic heterocycles. The molecular weight excluding hydrogens is 242 g/mol. The van der Waals surface area contributed by atoms with E-state index in [1.165, 1.54) is 12.8 Å². The van der Waals surface area contributed by atoms with Crippen molar-refractivity contribution in [2.45, 2.75) is 18.4 Å². The Kier molecular flexibility index (Phi) is 2.04. The van der Waals surface area contributed by atoms with Gasteiger partial charge in [0.2, 0.25) is 0 Å². The maximum Gasteiger partial charge on any atom is 0.257 e. The van der Waals surface area contributed by atoms with Gasteiger partial charge in [0.1, 0.15) is 0 Å². The van der Waals surface area contributed by atoms with Crippen LogP contribution in [0.4, 0.5) is 0 Å². The summed E-state index contributed by atoms with van der Waals surface area (Å²) in [6.07, 6.45) is 9.07. The third-order valence-electron chi connectivity index (χ3n) is 4.20. The van der Waals surface area contributed by atoms with Gasteiger partial charge in [-0.1, -0.05) is 0 Å². The smallest absolute Gasteiger partial charge is 0.257 e. The number of carbonyl (C=O) groups is 1. The number of likely N-dealkylation sites (tertiary alicyclic amines) is 1. The molecule has 0 unspecified atom stereocenters. The van der Waals surface area contributed by atoms with E-state index in [4.69, 9.17) is 5.73 Å². The molecule has 1 aliphatic heterocycles. The minimum atomic E-state index is -0.142. The lowest BCUT2D eigenvalue weighted by Gasteiger charge is -2.48. The van der Waals surface area contributed by atoms with Crippen LogP contribution in [0.5, 0.6) is 0 Å². The second kappa shape index (κ2) is 3.54. The molecule has 0 atom stereocenters. The largest absolute Gasteiger partial charge is 0.335 e. The highest BCUT2D eigenvalue weighted by Gasteiger charge is 2.51. The fraction of sp³-hybridized carbons (Fsp3) is 0.462. The fourth-order valence-electron chi connectivity index (χ4n) is 2.89. The lowest BCUT2D eigenvalue weighted by atomic mass is 9.85. The summed E-state index contributed by atoms with van der Waals surface area (Å²) < 4.78 is 1.66. The van der Waals surface area contributed by atoms with Crippen LogP contribution in [0.25, 0.3) is 5.52 Å². The highest BCUT2D eigenvalue weighted by atomic mass is 16.2. The Bertz CT molecular complexity index is 654. The van der Waals surface area contributed by atoms with Gasteiger partial charge in [-0.2, -0.15) is 5.10 Å². The van der Waals surface area contributed by atoms with Gasteiger partial charge in [-0.25, -0.2) is 4.52 Å². The van der Waals surface area contributed by atoms with Gasteiger partial charge in [0, 0.05) is 25.5 Å². The molecule has 2 N–H and O–H groups in total. The van der Waals surface area contributed by atoms with E-state index in [2.05, 4.69) is 10.1 Å². The Labute approximate surface area is 110 Å². The van der Waals surface area contributed by atoms with E-state index in [0.29, 0.717) is 24.6 Å². The van der Waals surface area contributed by atoms with Crippen LogP contribution in [-0.4, -0.2) is 44.0 Å². The van der Waals surface area contributed by atoms with Crippen molar-refractivity contribution in [3.05, 3.63) is 30.4 Å². The van der Waals surface area contributed by atoms with Gasteiger partial charge in [0.05, 0.1) is 29.0 Å². The first-order chi connectivity index (χ1) is 9.17. The predicted molar refractivity (Wildman–Crippen MR) is 68.5 cm³/mol. The van der Waals surface area contributed by atoms with Crippen molar-refractivity contribution < 1.29 is 4.79 Å². The molecule has 0 radical (unpaired) electrons. The number of rotatable bonds is 2.